The van der Waals surface area contributed by atoms with Gasteiger partial charge in [0, 0.05) is 12.5 Å². The fourth-order valence-corrected chi connectivity index (χ4v) is 1.28. The Labute approximate surface area is 60.4 Å². The van der Waals surface area contributed by atoms with Crippen molar-refractivity contribution >= 4 is 17.7 Å². The van der Waals surface area contributed by atoms with Crippen molar-refractivity contribution in [1.29, 1.82) is 0 Å². The van der Waals surface area contributed by atoms with E-state index < -0.39 is 0 Å². The average molecular weight is 145 g/mol. The van der Waals surface area contributed by atoms with Crippen LogP contribution in [0.4, 0.5) is 0 Å². The van der Waals surface area contributed by atoms with Gasteiger partial charge in [-0.25, -0.2) is 0 Å². The molecular weight excluding hydrogens is 134 g/mol. The van der Waals surface area contributed by atoms with E-state index in [1.807, 2.05) is 0 Å². The first-order chi connectivity index (χ1) is 4.30. The van der Waals surface area contributed by atoms with Gasteiger partial charge < -0.3 is 5.32 Å². The summed E-state index contributed by atoms with van der Waals surface area (Å²) in [6.07, 6.45) is 2.12. The van der Waals surface area contributed by atoms with Crippen LogP contribution in [0.25, 0.3) is 0 Å². The Hall–Kier alpha value is -0.0200. The molecule has 3 heteroatoms. The topological polar surface area (TPSA) is 29.1 Å². The summed E-state index contributed by atoms with van der Waals surface area (Å²) in [6.45, 7) is 1.87. The molecule has 0 radical (unpaired) electrons. The highest BCUT2D eigenvalue weighted by Gasteiger charge is 2.16. The standard InChI is InChI=1S/C6H11NOS/c8-6(9)5-2-1-3-7-4-5/h5,7H,1-4H2,(H,8,9). The number of piperidine rings is 1. The van der Waals surface area contributed by atoms with E-state index in [-0.39, 0.29) is 11.0 Å². The van der Waals surface area contributed by atoms with E-state index in [2.05, 4.69) is 17.9 Å². The number of rotatable bonds is 1. The van der Waals surface area contributed by atoms with Crippen molar-refractivity contribution < 1.29 is 4.79 Å². The molecule has 0 saturated carbocycles. The first-order valence-electron chi connectivity index (χ1n) is 3.24. The third kappa shape index (κ3) is 1.99. The molecule has 1 atom stereocenters. The molecule has 0 aliphatic carbocycles. The highest BCUT2D eigenvalue weighted by Crippen LogP contribution is 2.11. The molecule has 0 amide bonds. The third-order valence-electron chi connectivity index (χ3n) is 1.65. The molecule has 1 aliphatic heterocycles. The summed E-state index contributed by atoms with van der Waals surface area (Å²) in [5.74, 6) is 0.169. The van der Waals surface area contributed by atoms with Crippen molar-refractivity contribution in [3.05, 3.63) is 0 Å². The number of hydrogen-bond donors (Lipinski definition) is 2. The Balaban J connectivity index is 2.31. The molecule has 1 rings (SSSR count). The number of thiol groups is 1. The van der Waals surface area contributed by atoms with E-state index in [0.717, 1.165) is 25.9 Å². The van der Waals surface area contributed by atoms with Crippen LogP contribution < -0.4 is 5.32 Å². The summed E-state index contributed by atoms with van der Waals surface area (Å²) in [5.41, 5.74) is 0. The minimum Gasteiger partial charge on any atom is -0.316 e. The van der Waals surface area contributed by atoms with E-state index in [1.54, 1.807) is 0 Å². The normalized spacial score (nSPS) is 27.9. The minimum atomic E-state index is 0.0298. The highest BCUT2D eigenvalue weighted by molar-refractivity contribution is 7.96. The average Bonchev–Trinajstić information content (AvgIpc) is 1.90. The van der Waals surface area contributed by atoms with Crippen LogP contribution >= 0.6 is 12.6 Å². The lowest BCUT2D eigenvalue weighted by Crippen LogP contribution is -2.32. The Morgan fingerprint density at radius 2 is 2.44 bits per heavy atom. The zero-order valence-corrected chi connectivity index (χ0v) is 6.16. The molecule has 0 spiro atoms. The van der Waals surface area contributed by atoms with Gasteiger partial charge in [-0.1, -0.05) is 0 Å². The van der Waals surface area contributed by atoms with Crippen LogP contribution in [0.1, 0.15) is 12.8 Å². The maximum absolute atomic E-state index is 10.6. The molecule has 1 saturated heterocycles. The zero-order valence-electron chi connectivity index (χ0n) is 5.26. The Morgan fingerprint density at radius 1 is 1.67 bits per heavy atom. The summed E-state index contributed by atoms with van der Waals surface area (Å²) in [6, 6.07) is 0. The molecule has 9 heavy (non-hydrogen) atoms. The van der Waals surface area contributed by atoms with Gasteiger partial charge in [0.25, 0.3) is 0 Å². The van der Waals surface area contributed by atoms with Gasteiger partial charge in [-0.2, -0.15) is 0 Å². The van der Waals surface area contributed by atoms with Crippen molar-refractivity contribution in [1.82, 2.24) is 5.32 Å². The van der Waals surface area contributed by atoms with Crippen LogP contribution in [-0.4, -0.2) is 18.2 Å². The zero-order chi connectivity index (χ0) is 6.69. The molecule has 0 aromatic heterocycles. The molecule has 1 unspecified atom stereocenters. The van der Waals surface area contributed by atoms with Gasteiger partial charge in [-0.05, 0) is 19.4 Å². The SMILES string of the molecule is O=C(S)C1CCCNC1. The smallest absolute Gasteiger partial charge is 0.190 e. The maximum atomic E-state index is 10.6. The summed E-state index contributed by atoms with van der Waals surface area (Å²) in [4.78, 5) is 10.6. The fraction of sp³-hybridized carbons (Fsp3) is 0.833. The van der Waals surface area contributed by atoms with Gasteiger partial charge in [-0.3, -0.25) is 4.79 Å². The molecular formula is C6H11NOS. The van der Waals surface area contributed by atoms with Gasteiger partial charge >= 0.3 is 0 Å². The second-order valence-electron chi connectivity index (χ2n) is 2.38. The number of carbonyl (C=O) groups excluding carboxylic acids is 1. The predicted octanol–water partition coefficient (Wildman–Crippen LogP) is 0.442. The first-order valence-corrected chi connectivity index (χ1v) is 3.69. The first kappa shape index (κ1) is 7.09. The van der Waals surface area contributed by atoms with Crippen LogP contribution in [0.15, 0.2) is 0 Å². The summed E-state index contributed by atoms with van der Waals surface area (Å²) < 4.78 is 0. The number of nitrogens with one attached hydrogen (secondary N) is 1. The van der Waals surface area contributed by atoms with E-state index >= 15 is 0 Å². The lowest BCUT2D eigenvalue weighted by Gasteiger charge is -2.18. The van der Waals surface area contributed by atoms with Gasteiger partial charge in [0.2, 0.25) is 0 Å². The summed E-state index contributed by atoms with van der Waals surface area (Å²) in [7, 11) is 0. The van der Waals surface area contributed by atoms with Crippen molar-refractivity contribution in [2.75, 3.05) is 13.1 Å². The largest absolute Gasteiger partial charge is 0.316 e. The second-order valence-corrected chi connectivity index (χ2v) is 2.82. The monoisotopic (exact) mass is 145 g/mol. The molecule has 2 nitrogen and oxygen atoms in total. The third-order valence-corrected chi connectivity index (χ3v) is 2.01. The minimum absolute atomic E-state index is 0.0298. The van der Waals surface area contributed by atoms with Gasteiger partial charge in [0.1, 0.15) is 0 Å². The molecule has 1 aliphatic rings. The van der Waals surface area contributed by atoms with Gasteiger partial charge in [-0.15, -0.1) is 12.6 Å². The Morgan fingerprint density at radius 3 is 2.78 bits per heavy atom. The molecule has 52 valence electrons. The van der Waals surface area contributed by atoms with Crippen LogP contribution in [0.2, 0.25) is 0 Å². The maximum Gasteiger partial charge on any atom is 0.190 e. The van der Waals surface area contributed by atoms with Crippen molar-refractivity contribution in [2.24, 2.45) is 5.92 Å². The highest BCUT2D eigenvalue weighted by atomic mass is 32.1. The molecule has 1 N–H and O–H groups in total. The van der Waals surface area contributed by atoms with E-state index in [1.165, 1.54) is 0 Å². The molecule has 1 heterocycles. The van der Waals surface area contributed by atoms with Crippen molar-refractivity contribution in [3.8, 4) is 0 Å². The predicted molar refractivity (Wildman–Crippen MR) is 39.6 cm³/mol. The lowest BCUT2D eigenvalue weighted by molar-refractivity contribution is -0.114. The molecule has 1 fully saturated rings. The van der Waals surface area contributed by atoms with Crippen molar-refractivity contribution in [3.63, 3.8) is 0 Å². The lowest BCUT2D eigenvalue weighted by atomic mass is 10.0. The number of carbonyl (C=O) groups is 1. The van der Waals surface area contributed by atoms with E-state index in [4.69, 9.17) is 0 Å². The summed E-state index contributed by atoms with van der Waals surface area (Å²) >= 11 is 3.76. The second kappa shape index (κ2) is 3.22. The molecule has 0 aromatic carbocycles. The Bertz CT molecular complexity index is 110. The van der Waals surface area contributed by atoms with Crippen LogP contribution in [0, 0.1) is 5.92 Å². The van der Waals surface area contributed by atoms with E-state index in [0.29, 0.717) is 0 Å². The summed E-state index contributed by atoms with van der Waals surface area (Å²) in [5, 5.41) is 3.18. The van der Waals surface area contributed by atoms with Gasteiger partial charge in [0.05, 0.1) is 0 Å². The fourth-order valence-electron chi connectivity index (χ4n) is 1.06. The van der Waals surface area contributed by atoms with Crippen LogP contribution in [-0.2, 0) is 4.79 Å². The quantitative estimate of drug-likeness (QED) is 0.524. The van der Waals surface area contributed by atoms with Gasteiger partial charge in [0.15, 0.2) is 5.12 Å². The van der Waals surface area contributed by atoms with E-state index in [9.17, 15) is 4.79 Å². The van der Waals surface area contributed by atoms with Crippen LogP contribution in [0.3, 0.4) is 0 Å². The van der Waals surface area contributed by atoms with Crippen LogP contribution in [0.5, 0.6) is 0 Å². The van der Waals surface area contributed by atoms with Crippen molar-refractivity contribution in [2.45, 2.75) is 12.8 Å². The molecule has 0 bridgehead atoms. The molecule has 0 aromatic rings. The number of hydrogen-bond acceptors (Lipinski definition) is 2. The Kier molecular flexibility index (Phi) is 2.54.